The summed E-state index contributed by atoms with van der Waals surface area (Å²) in [4.78, 5) is 34.3. The lowest BCUT2D eigenvalue weighted by Gasteiger charge is -2.22. The quantitative estimate of drug-likeness (QED) is 0.849. The first kappa shape index (κ1) is 17.0. The van der Waals surface area contributed by atoms with E-state index in [9.17, 15) is 9.59 Å². The molecule has 3 heterocycles. The van der Waals surface area contributed by atoms with Gasteiger partial charge in [0.15, 0.2) is 0 Å². The summed E-state index contributed by atoms with van der Waals surface area (Å²) in [6.45, 7) is 4.30. The molecule has 25 heavy (non-hydrogen) atoms. The Morgan fingerprint density at radius 1 is 1.36 bits per heavy atom. The van der Waals surface area contributed by atoms with E-state index in [0.29, 0.717) is 17.1 Å². The molecule has 0 saturated carbocycles. The Hall–Kier alpha value is -2.84. The number of nitrogens with zero attached hydrogens (tertiary/aromatic N) is 5. The number of carbonyl (C=O) groups is 2. The predicted molar refractivity (Wildman–Crippen MR) is 86.0 cm³/mol. The van der Waals surface area contributed by atoms with Crippen molar-refractivity contribution in [3.05, 3.63) is 35.2 Å². The molecule has 1 atom stereocenters. The summed E-state index contributed by atoms with van der Waals surface area (Å²) in [6, 6.07) is -0.0375. The predicted octanol–water partition coefficient (Wildman–Crippen LogP) is 0.710. The van der Waals surface area contributed by atoms with Gasteiger partial charge in [-0.05, 0) is 19.8 Å². The van der Waals surface area contributed by atoms with Crippen LogP contribution < -0.4 is 5.32 Å². The van der Waals surface area contributed by atoms with Gasteiger partial charge >= 0.3 is 0 Å². The molecular formula is C16H20N6O3. The van der Waals surface area contributed by atoms with Crippen molar-refractivity contribution < 1.29 is 14.2 Å². The van der Waals surface area contributed by atoms with Crippen molar-refractivity contribution >= 4 is 11.8 Å². The van der Waals surface area contributed by atoms with Crippen LogP contribution in [0.15, 0.2) is 17.0 Å². The third kappa shape index (κ3) is 3.98. The van der Waals surface area contributed by atoms with E-state index in [1.165, 1.54) is 0 Å². The molecule has 0 radical (unpaired) electrons. The van der Waals surface area contributed by atoms with E-state index in [0.717, 1.165) is 25.1 Å². The molecule has 0 aliphatic carbocycles. The molecule has 1 aliphatic rings. The first-order chi connectivity index (χ1) is 12.0. The maximum absolute atomic E-state index is 12.0. The van der Waals surface area contributed by atoms with Crippen LogP contribution in [0, 0.1) is 6.92 Å². The van der Waals surface area contributed by atoms with Gasteiger partial charge in [-0.25, -0.2) is 4.63 Å². The van der Waals surface area contributed by atoms with Crippen molar-refractivity contribution in [2.24, 2.45) is 0 Å². The van der Waals surface area contributed by atoms with Crippen molar-refractivity contribution in [1.82, 2.24) is 30.5 Å². The summed E-state index contributed by atoms with van der Waals surface area (Å²) in [6.07, 6.45) is 5.23. The van der Waals surface area contributed by atoms with Crippen LogP contribution >= 0.6 is 0 Å². The van der Waals surface area contributed by atoms with Crippen LogP contribution in [-0.4, -0.2) is 43.5 Å². The number of hydrogen-bond acceptors (Lipinski definition) is 7. The highest BCUT2D eigenvalue weighted by molar-refractivity contribution is 5.78. The summed E-state index contributed by atoms with van der Waals surface area (Å²) < 4.78 is 4.58. The summed E-state index contributed by atoms with van der Waals surface area (Å²) in [5.74, 6) is -0.156. The highest BCUT2D eigenvalue weighted by Gasteiger charge is 2.29. The summed E-state index contributed by atoms with van der Waals surface area (Å²) in [7, 11) is 0. The van der Waals surface area contributed by atoms with Crippen molar-refractivity contribution in [1.29, 1.82) is 0 Å². The second-order valence-corrected chi connectivity index (χ2v) is 6.06. The molecule has 0 aromatic carbocycles. The molecule has 1 saturated heterocycles. The van der Waals surface area contributed by atoms with Crippen LogP contribution in [0.4, 0.5) is 0 Å². The van der Waals surface area contributed by atoms with Gasteiger partial charge in [0.2, 0.25) is 11.8 Å². The minimum atomic E-state index is -0.197. The smallest absolute Gasteiger partial charge is 0.226 e. The second kappa shape index (κ2) is 7.37. The Morgan fingerprint density at radius 2 is 2.20 bits per heavy atom. The van der Waals surface area contributed by atoms with Crippen LogP contribution in [0.3, 0.4) is 0 Å². The summed E-state index contributed by atoms with van der Waals surface area (Å²) in [5, 5.41) is 10.1. The molecule has 9 nitrogen and oxygen atoms in total. The Bertz CT molecular complexity index is 775. The highest BCUT2D eigenvalue weighted by Crippen LogP contribution is 2.30. The molecule has 2 aromatic rings. The number of aryl methyl sites for hydroxylation is 1. The zero-order valence-corrected chi connectivity index (χ0v) is 14.2. The number of nitrogens with one attached hydrogen (secondary N) is 1. The second-order valence-electron chi connectivity index (χ2n) is 6.06. The van der Waals surface area contributed by atoms with Gasteiger partial charge in [0, 0.05) is 13.5 Å². The average Bonchev–Trinajstić information content (AvgIpc) is 3.23. The van der Waals surface area contributed by atoms with E-state index in [4.69, 9.17) is 0 Å². The molecule has 2 amide bonds. The Kier molecular flexibility index (Phi) is 5.01. The topological polar surface area (TPSA) is 114 Å². The summed E-state index contributed by atoms with van der Waals surface area (Å²) in [5.41, 5.74) is 2.52. The fourth-order valence-electron chi connectivity index (χ4n) is 2.93. The van der Waals surface area contributed by atoms with E-state index >= 15 is 0 Å². The molecule has 132 valence electrons. The highest BCUT2D eigenvalue weighted by atomic mass is 16.6. The van der Waals surface area contributed by atoms with Crippen molar-refractivity contribution in [2.45, 2.75) is 45.7 Å². The number of hydrogen-bond donors (Lipinski definition) is 1. The first-order valence-corrected chi connectivity index (χ1v) is 8.17. The van der Waals surface area contributed by atoms with Crippen molar-refractivity contribution in [2.75, 3.05) is 6.54 Å². The molecule has 1 aliphatic heterocycles. The van der Waals surface area contributed by atoms with E-state index in [2.05, 4.69) is 30.2 Å². The largest absolute Gasteiger partial charge is 0.350 e. The van der Waals surface area contributed by atoms with Crippen LogP contribution in [0.25, 0.3) is 0 Å². The number of amides is 2. The Labute approximate surface area is 144 Å². The molecule has 0 unspecified atom stereocenters. The molecule has 9 heteroatoms. The molecule has 1 fully saturated rings. The fourth-order valence-corrected chi connectivity index (χ4v) is 2.93. The van der Waals surface area contributed by atoms with Gasteiger partial charge in [-0.2, -0.15) is 0 Å². The van der Waals surface area contributed by atoms with E-state index < -0.39 is 0 Å². The monoisotopic (exact) mass is 344 g/mol. The first-order valence-electron chi connectivity index (χ1n) is 8.17. The van der Waals surface area contributed by atoms with E-state index in [1.54, 1.807) is 26.2 Å². The molecule has 0 spiro atoms. The van der Waals surface area contributed by atoms with E-state index in [1.807, 2.05) is 4.90 Å². The Morgan fingerprint density at radius 3 is 2.92 bits per heavy atom. The Balaban J connectivity index is 1.61. The number of carbonyl (C=O) groups excluding carboxylic acids is 2. The van der Waals surface area contributed by atoms with Gasteiger partial charge in [0.05, 0.1) is 42.8 Å². The van der Waals surface area contributed by atoms with Crippen molar-refractivity contribution in [3.8, 4) is 0 Å². The van der Waals surface area contributed by atoms with Crippen LogP contribution in [0.2, 0.25) is 0 Å². The third-order valence-electron chi connectivity index (χ3n) is 4.24. The lowest BCUT2D eigenvalue weighted by atomic mass is 10.1. The standard InChI is InChI=1S/C16H20N6O3/c1-10-13(21-25-20-10)6-16(24)18-8-12-7-17-9-14(19-12)15-4-3-5-22(15)11(2)23/h7,9,15H,3-6,8H2,1-2H3,(H,18,24)/t15-/m0/s1. The van der Waals surface area contributed by atoms with Crippen LogP contribution in [-0.2, 0) is 22.6 Å². The van der Waals surface area contributed by atoms with Gasteiger partial charge in [0.1, 0.15) is 11.4 Å². The van der Waals surface area contributed by atoms with Crippen LogP contribution in [0.1, 0.15) is 48.6 Å². The van der Waals surface area contributed by atoms with Crippen molar-refractivity contribution in [3.63, 3.8) is 0 Å². The fraction of sp³-hybridized carbons (Fsp3) is 0.500. The minimum Gasteiger partial charge on any atom is -0.350 e. The molecule has 2 aromatic heterocycles. The normalized spacial score (nSPS) is 16.9. The zero-order valence-electron chi connectivity index (χ0n) is 14.2. The maximum atomic E-state index is 12.0. The average molecular weight is 344 g/mol. The minimum absolute atomic E-state index is 0.0375. The molecular weight excluding hydrogens is 324 g/mol. The molecule has 0 bridgehead atoms. The lowest BCUT2D eigenvalue weighted by molar-refractivity contribution is -0.129. The number of rotatable bonds is 5. The molecule has 3 rings (SSSR count). The third-order valence-corrected chi connectivity index (χ3v) is 4.24. The zero-order chi connectivity index (χ0) is 17.8. The maximum Gasteiger partial charge on any atom is 0.226 e. The van der Waals surface area contributed by atoms with Gasteiger partial charge in [-0.1, -0.05) is 10.3 Å². The summed E-state index contributed by atoms with van der Waals surface area (Å²) >= 11 is 0. The SMILES string of the molecule is CC(=O)N1CCC[C@H]1c1cncc(CNC(=O)Cc2nonc2C)n1. The number of likely N-dealkylation sites (tertiary alicyclic amines) is 1. The van der Waals surface area contributed by atoms with Gasteiger partial charge in [0.25, 0.3) is 0 Å². The van der Waals surface area contributed by atoms with Gasteiger partial charge in [-0.3, -0.25) is 19.6 Å². The lowest BCUT2D eigenvalue weighted by Crippen LogP contribution is -2.29. The van der Waals surface area contributed by atoms with Gasteiger partial charge in [-0.15, -0.1) is 0 Å². The van der Waals surface area contributed by atoms with Crippen LogP contribution in [0.5, 0.6) is 0 Å². The van der Waals surface area contributed by atoms with E-state index in [-0.39, 0.29) is 30.8 Å². The van der Waals surface area contributed by atoms with Gasteiger partial charge < -0.3 is 10.2 Å². The number of aromatic nitrogens is 4. The molecule has 1 N–H and O–H groups in total.